The number of nitrogens with one attached hydrogen (secondary N) is 2. The minimum absolute atomic E-state index is 0.579. The predicted octanol–water partition coefficient (Wildman–Crippen LogP) is 1.31. The summed E-state index contributed by atoms with van der Waals surface area (Å²) < 4.78 is 5.61. The van der Waals surface area contributed by atoms with Crippen LogP contribution in [0.15, 0.2) is 4.99 Å². The Morgan fingerprint density at radius 2 is 2.00 bits per heavy atom. The van der Waals surface area contributed by atoms with Crippen LogP contribution < -0.4 is 10.6 Å². The van der Waals surface area contributed by atoms with Crippen molar-refractivity contribution < 1.29 is 4.74 Å². The van der Waals surface area contributed by atoms with Crippen molar-refractivity contribution >= 4 is 5.96 Å². The molecule has 0 saturated heterocycles. The van der Waals surface area contributed by atoms with Gasteiger partial charge in [0.1, 0.15) is 0 Å². The third-order valence-corrected chi connectivity index (χ3v) is 3.67. The molecule has 1 aliphatic rings. The van der Waals surface area contributed by atoms with Crippen molar-refractivity contribution in [3.05, 3.63) is 0 Å². The van der Waals surface area contributed by atoms with Crippen molar-refractivity contribution in [2.75, 3.05) is 46.9 Å². The molecule has 0 heterocycles. The largest absolute Gasteiger partial charge is 0.381 e. The number of aliphatic imine (C=N–C) groups is 1. The van der Waals surface area contributed by atoms with Gasteiger partial charge >= 0.3 is 0 Å². The van der Waals surface area contributed by atoms with Gasteiger partial charge in [-0.05, 0) is 46.1 Å². The van der Waals surface area contributed by atoms with Crippen LogP contribution in [0.25, 0.3) is 0 Å². The van der Waals surface area contributed by atoms with E-state index in [4.69, 9.17) is 4.74 Å². The third-order valence-electron chi connectivity index (χ3n) is 3.67. The maximum Gasteiger partial charge on any atom is 0.191 e. The van der Waals surface area contributed by atoms with E-state index in [1.807, 2.05) is 7.05 Å². The number of nitrogens with zero attached hydrogens (tertiary/aromatic N) is 2. The molecule has 5 heteroatoms. The highest BCUT2D eigenvalue weighted by atomic mass is 16.5. The second-order valence-electron chi connectivity index (χ2n) is 5.87. The van der Waals surface area contributed by atoms with Gasteiger partial charge in [0.05, 0.1) is 0 Å². The van der Waals surface area contributed by atoms with E-state index in [1.54, 1.807) is 0 Å². The Balaban J connectivity index is 1.95. The first kappa shape index (κ1) is 17.2. The van der Waals surface area contributed by atoms with Gasteiger partial charge in [-0.3, -0.25) is 4.99 Å². The fourth-order valence-electron chi connectivity index (χ4n) is 1.75. The van der Waals surface area contributed by atoms with Gasteiger partial charge in [-0.15, -0.1) is 0 Å². The molecule has 2 N–H and O–H groups in total. The SMILES string of the molecule is CN=C(NCCCOCC1CC1)NCCN(C)C(C)C. The van der Waals surface area contributed by atoms with Crippen LogP contribution in [-0.4, -0.2) is 63.8 Å². The molecule has 5 nitrogen and oxygen atoms in total. The van der Waals surface area contributed by atoms with Crippen molar-refractivity contribution in [3.63, 3.8) is 0 Å². The molecule has 1 saturated carbocycles. The lowest BCUT2D eigenvalue weighted by atomic mass is 10.3. The molecule has 0 aromatic heterocycles. The normalized spacial score (nSPS) is 16.0. The molecule has 0 aromatic carbocycles. The van der Waals surface area contributed by atoms with Crippen LogP contribution in [0, 0.1) is 5.92 Å². The Hall–Kier alpha value is -0.810. The number of guanidine groups is 1. The smallest absolute Gasteiger partial charge is 0.191 e. The summed E-state index contributed by atoms with van der Waals surface area (Å²) in [7, 11) is 3.95. The van der Waals surface area contributed by atoms with Crippen LogP contribution in [-0.2, 0) is 4.74 Å². The van der Waals surface area contributed by atoms with Crippen LogP contribution in [0.1, 0.15) is 33.1 Å². The molecule has 118 valence electrons. The molecule has 1 rings (SSSR count). The van der Waals surface area contributed by atoms with Crippen LogP contribution in [0.4, 0.5) is 0 Å². The average Bonchev–Trinajstić information content (AvgIpc) is 3.24. The number of rotatable bonds is 10. The van der Waals surface area contributed by atoms with E-state index >= 15 is 0 Å². The zero-order valence-electron chi connectivity index (χ0n) is 13.6. The number of likely N-dealkylation sites (N-methyl/N-ethyl adjacent to an activating group) is 1. The lowest BCUT2D eigenvalue weighted by Gasteiger charge is -2.21. The quantitative estimate of drug-likeness (QED) is 0.361. The van der Waals surface area contributed by atoms with Crippen molar-refractivity contribution in [1.29, 1.82) is 0 Å². The van der Waals surface area contributed by atoms with Gasteiger partial charge in [-0.1, -0.05) is 0 Å². The summed E-state index contributed by atoms with van der Waals surface area (Å²) in [5, 5.41) is 6.65. The van der Waals surface area contributed by atoms with Crippen molar-refractivity contribution in [2.45, 2.75) is 39.2 Å². The number of hydrogen-bond donors (Lipinski definition) is 2. The highest BCUT2D eigenvalue weighted by molar-refractivity contribution is 5.79. The fraction of sp³-hybridized carbons (Fsp3) is 0.933. The summed E-state index contributed by atoms with van der Waals surface area (Å²) >= 11 is 0. The predicted molar refractivity (Wildman–Crippen MR) is 85.3 cm³/mol. The lowest BCUT2D eigenvalue weighted by Crippen LogP contribution is -2.42. The van der Waals surface area contributed by atoms with E-state index in [2.05, 4.69) is 41.4 Å². The standard InChI is InChI=1S/C15H32N4O/c1-13(2)19(4)10-9-18-15(16-3)17-8-5-11-20-12-14-6-7-14/h13-14H,5-12H2,1-4H3,(H2,16,17,18). The molecule has 0 aliphatic heterocycles. The Kier molecular flexibility index (Phi) is 8.62. The maximum absolute atomic E-state index is 5.61. The highest BCUT2D eigenvalue weighted by Crippen LogP contribution is 2.28. The molecular formula is C15H32N4O. The van der Waals surface area contributed by atoms with Gasteiger partial charge in [-0.2, -0.15) is 0 Å². The molecule has 0 unspecified atom stereocenters. The van der Waals surface area contributed by atoms with E-state index in [9.17, 15) is 0 Å². The minimum atomic E-state index is 0.579. The van der Waals surface area contributed by atoms with Gasteiger partial charge in [0.15, 0.2) is 5.96 Å². The summed E-state index contributed by atoms with van der Waals surface area (Å²) in [6.45, 7) is 9.04. The number of hydrogen-bond acceptors (Lipinski definition) is 3. The van der Waals surface area contributed by atoms with E-state index in [-0.39, 0.29) is 0 Å². The first-order valence-corrected chi connectivity index (χ1v) is 7.86. The Labute approximate surface area is 124 Å². The second kappa shape index (κ2) is 10.00. The molecule has 1 fully saturated rings. The topological polar surface area (TPSA) is 48.9 Å². The molecule has 0 bridgehead atoms. The van der Waals surface area contributed by atoms with E-state index < -0.39 is 0 Å². The van der Waals surface area contributed by atoms with E-state index in [0.717, 1.165) is 51.1 Å². The summed E-state index contributed by atoms with van der Waals surface area (Å²) in [5.41, 5.74) is 0. The second-order valence-corrected chi connectivity index (χ2v) is 5.87. The van der Waals surface area contributed by atoms with Gasteiger partial charge in [-0.25, -0.2) is 0 Å². The summed E-state index contributed by atoms with van der Waals surface area (Å²) in [4.78, 5) is 6.53. The molecule has 0 aromatic rings. The number of ether oxygens (including phenoxy) is 1. The maximum atomic E-state index is 5.61. The van der Waals surface area contributed by atoms with Crippen molar-refractivity contribution in [3.8, 4) is 0 Å². The first-order valence-electron chi connectivity index (χ1n) is 7.86. The van der Waals surface area contributed by atoms with E-state index in [0.29, 0.717) is 6.04 Å². The fourth-order valence-corrected chi connectivity index (χ4v) is 1.75. The summed E-state index contributed by atoms with van der Waals surface area (Å²) in [6, 6.07) is 0.579. The molecule has 0 amide bonds. The van der Waals surface area contributed by atoms with Gasteiger partial charge < -0.3 is 20.3 Å². The zero-order chi connectivity index (χ0) is 14.8. The summed E-state index contributed by atoms with van der Waals surface area (Å²) in [5.74, 6) is 1.74. The van der Waals surface area contributed by atoms with E-state index in [1.165, 1.54) is 12.8 Å². The van der Waals surface area contributed by atoms with Crippen LogP contribution in [0.2, 0.25) is 0 Å². The Morgan fingerprint density at radius 1 is 1.30 bits per heavy atom. The monoisotopic (exact) mass is 284 g/mol. The minimum Gasteiger partial charge on any atom is -0.381 e. The molecular weight excluding hydrogens is 252 g/mol. The lowest BCUT2D eigenvalue weighted by molar-refractivity contribution is 0.123. The summed E-state index contributed by atoms with van der Waals surface area (Å²) in [6.07, 6.45) is 3.75. The van der Waals surface area contributed by atoms with Gasteiger partial charge in [0.25, 0.3) is 0 Å². The first-order chi connectivity index (χ1) is 9.63. The molecule has 1 aliphatic carbocycles. The zero-order valence-corrected chi connectivity index (χ0v) is 13.6. The highest BCUT2D eigenvalue weighted by Gasteiger charge is 2.20. The van der Waals surface area contributed by atoms with Gasteiger partial charge in [0.2, 0.25) is 0 Å². The Morgan fingerprint density at radius 3 is 2.60 bits per heavy atom. The Bertz CT molecular complexity index is 277. The van der Waals surface area contributed by atoms with Crippen LogP contribution >= 0.6 is 0 Å². The average molecular weight is 284 g/mol. The van der Waals surface area contributed by atoms with Crippen LogP contribution in [0.5, 0.6) is 0 Å². The van der Waals surface area contributed by atoms with Crippen LogP contribution in [0.3, 0.4) is 0 Å². The third kappa shape index (κ3) is 8.38. The van der Waals surface area contributed by atoms with Crippen molar-refractivity contribution in [1.82, 2.24) is 15.5 Å². The van der Waals surface area contributed by atoms with Gasteiger partial charge in [0, 0.05) is 45.9 Å². The molecule has 20 heavy (non-hydrogen) atoms. The molecule has 0 radical (unpaired) electrons. The molecule has 0 spiro atoms. The van der Waals surface area contributed by atoms with Crippen molar-refractivity contribution in [2.24, 2.45) is 10.9 Å². The molecule has 0 atom stereocenters.